The van der Waals surface area contributed by atoms with Crippen molar-refractivity contribution in [2.24, 2.45) is 5.73 Å². The molecule has 0 saturated carbocycles. The van der Waals surface area contributed by atoms with Gasteiger partial charge in [0.25, 0.3) is 0 Å². The van der Waals surface area contributed by atoms with Crippen molar-refractivity contribution in [3.05, 3.63) is 35.8 Å². The fourth-order valence-electron chi connectivity index (χ4n) is 2.53. The maximum Gasteiger partial charge on any atom is 0.137 e. The van der Waals surface area contributed by atoms with E-state index in [1.165, 1.54) is 19.3 Å². The van der Waals surface area contributed by atoms with Gasteiger partial charge in [0, 0.05) is 18.4 Å². The van der Waals surface area contributed by atoms with Crippen LogP contribution in [0.4, 0.5) is 0 Å². The Morgan fingerprint density at radius 2 is 2.35 bits per heavy atom. The Hall–Kier alpha value is -1.39. The highest BCUT2D eigenvalue weighted by Gasteiger charge is 2.17. The summed E-state index contributed by atoms with van der Waals surface area (Å²) >= 11 is 0. The molecule has 17 heavy (non-hydrogen) atoms. The zero-order valence-corrected chi connectivity index (χ0v) is 9.89. The number of hydrogen-bond donors (Lipinski definition) is 2. The Labute approximate surface area is 101 Å². The summed E-state index contributed by atoms with van der Waals surface area (Å²) in [6.07, 6.45) is 5.87. The molecule has 2 aromatic rings. The average Bonchev–Trinajstić information content (AvgIpc) is 2.83. The summed E-state index contributed by atoms with van der Waals surface area (Å²) < 4.78 is 2.10. The van der Waals surface area contributed by atoms with Crippen LogP contribution in [0.1, 0.15) is 36.7 Å². The van der Waals surface area contributed by atoms with Gasteiger partial charge in [0.15, 0.2) is 0 Å². The third kappa shape index (κ3) is 1.94. The van der Waals surface area contributed by atoms with Crippen molar-refractivity contribution in [3.8, 4) is 0 Å². The minimum atomic E-state index is 0.411. The smallest absolute Gasteiger partial charge is 0.137 e. The molecule has 90 valence electrons. The molecular formula is C13H18N4. The summed E-state index contributed by atoms with van der Waals surface area (Å²) in [5.74, 6) is 0. The lowest BCUT2D eigenvalue weighted by atomic mass is 10.0. The summed E-state index contributed by atoms with van der Waals surface area (Å²) in [6.45, 7) is 1.65. The van der Waals surface area contributed by atoms with Gasteiger partial charge in [-0.1, -0.05) is 12.5 Å². The second-order valence-corrected chi connectivity index (χ2v) is 4.62. The van der Waals surface area contributed by atoms with Gasteiger partial charge in [-0.2, -0.15) is 0 Å². The molecule has 4 heteroatoms. The summed E-state index contributed by atoms with van der Waals surface area (Å²) in [5, 5.41) is 3.53. The monoisotopic (exact) mass is 230 g/mol. The van der Waals surface area contributed by atoms with Crippen molar-refractivity contribution in [1.29, 1.82) is 0 Å². The first kappa shape index (κ1) is 10.7. The third-order valence-electron chi connectivity index (χ3n) is 3.47. The Bertz CT molecular complexity index is 511. The van der Waals surface area contributed by atoms with Crippen LogP contribution in [0.3, 0.4) is 0 Å². The number of hydrogen-bond acceptors (Lipinski definition) is 3. The number of nitrogens with one attached hydrogen (secondary N) is 1. The maximum atomic E-state index is 5.74. The van der Waals surface area contributed by atoms with E-state index in [0.29, 0.717) is 12.6 Å². The van der Waals surface area contributed by atoms with E-state index in [9.17, 15) is 0 Å². The summed E-state index contributed by atoms with van der Waals surface area (Å²) in [4.78, 5) is 4.69. The van der Waals surface area contributed by atoms with E-state index in [4.69, 9.17) is 5.73 Å². The standard InChI is InChI=1S/C13H18N4/c14-8-10-4-3-6-13-16-12(9-17(10)13)11-5-1-2-7-15-11/h3-4,6,9,11,15H,1-2,5,7-8,14H2. The molecule has 0 bridgehead atoms. The van der Waals surface area contributed by atoms with E-state index in [0.717, 1.165) is 23.6 Å². The third-order valence-corrected chi connectivity index (χ3v) is 3.47. The highest BCUT2D eigenvalue weighted by molar-refractivity contribution is 5.42. The first-order chi connectivity index (χ1) is 8.38. The minimum absolute atomic E-state index is 0.411. The number of nitrogens with zero attached hydrogens (tertiary/aromatic N) is 2. The number of fused-ring (bicyclic) bond motifs is 1. The van der Waals surface area contributed by atoms with Gasteiger partial charge in [-0.15, -0.1) is 0 Å². The summed E-state index contributed by atoms with van der Waals surface area (Å²) in [6, 6.07) is 6.51. The number of imidazole rings is 1. The van der Waals surface area contributed by atoms with Crippen molar-refractivity contribution < 1.29 is 0 Å². The van der Waals surface area contributed by atoms with Gasteiger partial charge in [0.05, 0.1) is 11.7 Å². The predicted octanol–water partition coefficient (Wildman–Crippen LogP) is 1.61. The maximum absolute atomic E-state index is 5.74. The lowest BCUT2D eigenvalue weighted by molar-refractivity contribution is 0.406. The van der Waals surface area contributed by atoms with E-state index >= 15 is 0 Å². The Balaban J connectivity index is 2.00. The van der Waals surface area contributed by atoms with Gasteiger partial charge in [-0.25, -0.2) is 4.98 Å². The van der Waals surface area contributed by atoms with Crippen LogP contribution in [0.25, 0.3) is 5.65 Å². The SMILES string of the molecule is NCc1cccc2nc(C3CCCCN3)cn12. The molecule has 1 fully saturated rings. The molecule has 1 unspecified atom stereocenters. The molecule has 0 aliphatic carbocycles. The number of aromatic nitrogens is 2. The molecule has 1 atom stereocenters. The van der Waals surface area contributed by atoms with Crippen LogP contribution in [0.2, 0.25) is 0 Å². The number of piperidine rings is 1. The van der Waals surface area contributed by atoms with E-state index in [1.807, 2.05) is 18.2 Å². The Kier molecular flexibility index (Phi) is 2.82. The molecule has 0 spiro atoms. The lowest BCUT2D eigenvalue weighted by Crippen LogP contribution is -2.26. The number of nitrogens with two attached hydrogens (primary N) is 1. The van der Waals surface area contributed by atoms with Crippen LogP contribution in [0, 0.1) is 0 Å². The van der Waals surface area contributed by atoms with Crippen LogP contribution < -0.4 is 11.1 Å². The largest absolute Gasteiger partial charge is 0.325 e. The van der Waals surface area contributed by atoms with Crippen LogP contribution in [-0.4, -0.2) is 15.9 Å². The van der Waals surface area contributed by atoms with Crippen LogP contribution in [0.5, 0.6) is 0 Å². The molecule has 3 rings (SSSR count). The zero-order valence-electron chi connectivity index (χ0n) is 9.89. The van der Waals surface area contributed by atoms with Gasteiger partial charge < -0.3 is 15.5 Å². The quantitative estimate of drug-likeness (QED) is 0.824. The lowest BCUT2D eigenvalue weighted by Gasteiger charge is -2.21. The van der Waals surface area contributed by atoms with Crippen LogP contribution >= 0.6 is 0 Å². The molecule has 0 amide bonds. The van der Waals surface area contributed by atoms with E-state index in [1.54, 1.807) is 0 Å². The normalized spacial score (nSPS) is 20.9. The average molecular weight is 230 g/mol. The van der Waals surface area contributed by atoms with E-state index in [-0.39, 0.29) is 0 Å². The Morgan fingerprint density at radius 3 is 3.12 bits per heavy atom. The van der Waals surface area contributed by atoms with Crippen molar-refractivity contribution in [2.75, 3.05) is 6.54 Å². The molecule has 0 radical (unpaired) electrons. The molecule has 2 aromatic heterocycles. The first-order valence-electron chi connectivity index (χ1n) is 6.29. The van der Waals surface area contributed by atoms with Gasteiger partial charge in [0.1, 0.15) is 5.65 Å². The summed E-state index contributed by atoms with van der Waals surface area (Å²) in [7, 11) is 0. The van der Waals surface area contributed by atoms with Gasteiger partial charge in [-0.05, 0) is 31.5 Å². The number of rotatable bonds is 2. The highest BCUT2D eigenvalue weighted by atomic mass is 15.0. The predicted molar refractivity (Wildman–Crippen MR) is 67.7 cm³/mol. The van der Waals surface area contributed by atoms with Gasteiger partial charge >= 0.3 is 0 Å². The van der Waals surface area contributed by atoms with Crippen LogP contribution in [0.15, 0.2) is 24.4 Å². The zero-order chi connectivity index (χ0) is 11.7. The van der Waals surface area contributed by atoms with E-state index < -0.39 is 0 Å². The van der Waals surface area contributed by atoms with Crippen molar-refractivity contribution in [3.63, 3.8) is 0 Å². The van der Waals surface area contributed by atoms with Crippen molar-refractivity contribution in [1.82, 2.24) is 14.7 Å². The number of pyridine rings is 1. The van der Waals surface area contributed by atoms with Crippen LogP contribution in [-0.2, 0) is 6.54 Å². The molecular weight excluding hydrogens is 212 g/mol. The van der Waals surface area contributed by atoms with Crippen molar-refractivity contribution >= 4 is 5.65 Å². The molecule has 0 aromatic carbocycles. The fraction of sp³-hybridized carbons (Fsp3) is 0.462. The van der Waals surface area contributed by atoms with Gasteiger partial charge in [-0.3, -0.25) is 0 Å². The minimum Gasteiger partial charge on any atom is -0.325 e. The molecule has 4 nitrogen and oxygen atoms in total. The highest BCUT2D eigenvalue weighted by Crippen LogP contribution is 2.22. The second-order valence-electron chi connectivity index (χ2n) is 4.62. The first-order valence-corrected chi connectivity index (χ1v) is 6.29. The van der Waals surface area contributed by atoms with Crippen molar-refractivity contribution in [2.45, 2.75) is 31.8 Å². The molecule has 3 N–H and O–H groups in total. The second kappa shape index (κ2) is 4.47. The van der Waals surface area contributed by atoms with Gasteiger partial charge in [0.2, 0.25) is 0 Å². The molecule has 1 saturated heterocycles. The molecule has 3 heterocycles. The van der Waals surface area contributed by atoms with E-state index in [2.05, 4.69) is 20.9 Å². The molecule has 1 aliphatic heterocycles. The summed E-state index contributed by atoms with van der Waals surface area (Å²) in [5.41, 5.74) is 8.99. The Morgan fingerprint density at radius 1 is 1.41 bits per heavy atom. The fourth-order valence-corrected chi connectivity index (χ4v) is 2.53. The topological polar surface area (TPSA) is 55.3 Å². The molecule has 1 aliphatic rings.